The van der Waals surface area contributed by atoms with Crippen molar-refractivity contribution in [2.24, 2.45) is 0 Å². The average molecular weight is 296 g/mol. The van der Waals surface area contributed by atoms with E-state index in [1.165, 1.54) is 6.07 Å². The number of hydrogen-bond acceptors (Lipinski definition) is 2. The highest BCUT2D eigenvalue weighted by Gasteiger charge is 2.20. The summed E-state index contributed by atoms with van der Waals surface area (Å²) < 4.78 is 16.8. The lowest BCUT2D eigenvalue weighted by molar-refractivity contribution is 0.0988. The van der Waals surface area contributed by atoms with Crippen molar-refractivity contribution in [3.8, 4) is 5.75 Å². The van der Waals surface area contributed by atoms with E-state index in [4.69, 9.17) is 16.3 Å². The lowest BCUT2D eigenvalue weighted by atomic mass is 10.1. The van der Waals surface area contributed by atoms with Crippen LogP contribution in [0.2, 0.25) is 5.02 Å². The summed E-state index contributed by atoms with van der Waals surface area (Å²) in [5.74, 6) is -0.0645. The normalized spacial score (nSPS) is 12.3. The first-order valence-corrected chi connectivity index (χ1v) is 5.53. The second-order valence-corrected chi connectivity index (χ2v) is 4.63. The fourth-order valence-corrected chi connectivity index (χ4v) is 1.61. The zero-order valence-electron chi connectivity index (χ0n) is 7.97. The smallest absolute Gasteiger partial charge is 0.228 e. The van der Waals surface area contributed by atoms with Crippen molar-refractivity contribution in [3.05, 3.63) is 28.8 Å². The summed E-state index contributed by atoms with van der Waals surface area (Å²) in [7, 11) is 0. The van der Waals surface area contributed by atoms with Gasteiger partial charge >= 0.3 is 0 Å². The van der Waals surface area contributed by atoms with E-state index in [2.05, 4.69) is 15.9 Å². The van der Waals surface area contributed by atoms with Gasteiger partial charge < -0.3 is 4.74 Å². The summed E-state index contributed by atoms with van der Waals surface area (Å²) in [6.07, 6.45) is 0. The van der Waals surface area contributed by atoms with Crippen molar-refractivity contribution in [1.82, 2.24) is 0 Å². The highest BCUT2D eigenvalue weighted by atomic mass is 79.9. The Balaban J connectivity index is 3.18. The van der Waals surface area contributed by atoms with Crippen LogP contribution in [0.15, 0.2) is 18.2 Å². The first-order valence-electron chi connectivity index (χ1n) is 4.23. The van der Waals surface area contributed by atoms with Crippen LogP contribution in [-0.2, 0) is 0 Å². The van der Waals surface area contributed by atoms with E-state index < -0.39 is 6.86 Å². The van der Waals surface area contributed by atoms with E-state index in [-0.39, 0.29) is 26.9 Å². The molecule has 0 fully saturated rings. The van der Waals surface area contributed by atoms with E-state index >= 15 is 0 Å². The zero-order valence-corrected chi connectivity index (χ0v) is 10.3. The molecule has 0 N–H and O–H groups in total. The molecule has 1 unspecified atom stereocenters. The number of halogens is 3. The molecule has 1 aromatic rings. The number of benzene rings is 1. The molecule has 1 atom stereocenters. The fraction of sp³-hybridized carbons (Fsp3) is 0.300. The summed E-state index contributed by atoms with van der Waals surface area (Å²) in [5, 5.41) is 0.261. The van der Waals surface area contributed by atoms with Gasteiger partial charge in [0, 0.05) is 0 Å². The average Bonchev–Trinajstić information content (AvgIpc) is 2.17. The topological polar surface area (TPSA) is 26.3 Å². The Morgan fingerprint density at radius 1 is 1.67 bits per heavy atom. The third kappa shape index (κ3) is 2.92. The summed E-state index contributed by atoms with van der Waals surface area (Å²) in [5.41, 5.74) is 0.209. The molecule has 82 valence electrons. The lowest BCUT2D eigenvalue weighted by Gasteiger charge is -2.10. The van der Waals surface area contributed by atoms with Crippen molar-refractivity contribution in [3.63, 3.8) is 0 Å². The van der Waals surface area contributed by atoms with Gasteiger partial charge in [-0.15, -0.1) is 0 Å². The third-order valence-corrected chi connectivity index (χ3v) is 2.52. The van der Waals surface area contributed by atoms with Gasteiger partial charge in [-0.05, 0) is 19.1 Å². The SMILES string of the molecule is CC(Br)C(=O)c1c(Cl)cccc1OCF. The van der Waals surface area contributed by atoms with Gasteiger partial charge in [-0.25, -0.2) is 4.39 Å². The van der Waals surface area contributed by atoms with Gasteiger partial charge in [0.15, 0.2) is 5.78 Å². The number of Topliss-reactive ketones (excluding diaryl/α,β-unsaturated/α-hetero) is 1. The van der Waals surface area contributed by atoms with E-state index in [0.717, 1.165) is 0 Å². The molecule has 0 heterocycles. The molecule has 15 heavy (non-hydrogen) atoms. The first kappa shape index (κ1) is 12.5. The minimum atomic E-state index is -0.989. The fourth-order valence-electron chi connectivity index (χ4n) is 1.12. The van der Waals surface area contributed by atoms with Crippen LogP contribution >= 0.6 is 27.5 Å². The second kappa shape index (κ2) is 5.47. The predicted octanol–water partition coefficient (Wildman–Crippen LogP) is 3.61. The minimum Gasteiger partial charge on any atom is -0.462 e. The van der Waals surface area contributed by atoms with Gasteiger partial charge in [-0.3, -0.25) is 4.79 Å². The molecule has 0 saturated heterocycles. The Kier molecular flexibility index (Phi) is 4.54. The molecule has 0 aliphatic rings. The maximum absolute atomic E-state index is 12.1. The van der Waals surface area contributed by atoms with Gasteiger partial charge in [0.2, 0.25) is 6.86 Å². The molecule has 0 spiro atoms. The van der Waals surface area contributed by atoms with Gasteiger partial charge in [0.05, 0.1) is 15.4 Å². The van der Waals surface area contributed by atoms with Crippen LogP contribution in [0.3, 0.4) is 0 Å². The van der Waals surface area contributed by atoms with Crippen LogP contribution in [0.25, 0.3) is 0 Å². The number of ether oxygens (including phenoxy) is 1. The Morgan fingerprint density at radius 3 is 2.87 bits per heavy atom. The predicted molar refractivity (Wildman–Crippen MR) is 60.8 cm³/mol. The zero-order chi connectivity index (χ0) is 11.4. The Bertz CT molecular complexity index is 368. The number of hydrogen-bond donors (Lipinski definition) is 0. The highest BCUT2D eigenvalue weighted by molar-refractivity contribution is 9.10. The third-order valence-electron chi connectivity index (χ3n) is 1.79. The van der Waals surface area contributed by atoms with Crippen LogP contribution in [0.1, 0.15) is 17.3 Å². The highest BCUT2D eigenvalue weighted by Crippen LogP contribution is 2.29. The van der Waals surface area contributed by atoms with E-state index in [0.29, 0.717) is 0 Å². The van der Waals surface area contributed by atoms with Crippen LogP contribution in [0, 0.1) is 0 Å². The van der Waals surface area contributed by atoms with Crippen molar-refractivity contribution in [2.75, 3.05) is 6.86 Å². The molecule has 0 radical (unpaired) electrons. The summed E-state index contributed by atoms with van der Waals surface area (Å²) >= 11 is 9.00. The van der Waals surface area contributed by atoms with Crippen molar-refractivity contribution < 1.29 is 13.9 Å². The summed E-state index contributed by atoms with van der Waals surface area (Å²) in [4.78, 5) is 11.3. The minimum absolute atomic E-state index is 0.168. The molecule has 0 saturated carbocycles. The van der Waals surface area contributed by atoms with E-state index in [1.807, 2.05) is 0 Å². The van der Waals surface area contributed by atoms with E-state index in [1.54, 1.807) is 19.1 Å². The van der Waals surface area contributed by atoms with Crippen LogP contribution in [0.4, 0.5) is 4.39 Å². The molecule has 0 amide bonds. The Morgan fingerprint density at radius 2 is 2.33 bits per heavy atom. The number of rotatable bonds is 4. The lowest BCUT2D eigenvalue weighted by Crippen LogP contribution is -2.12. The number of carbonyl (C=O) groups excluding carboxylic acids is 1. The van der Waals surface area contributed by atoms with Crippen molar-refractivity contribution in [1.29, 1.82) is 0 Å². The quantitative estimate of drug-likeness (QED) is 0.626. The van der Waals surface area contributed by atoms with Crippen LogP contribution < -0.4 is 4.74 Å². The largest absolute Gasteiger partial charge is 0.462 e. The summed E-state index contributed by atoms with van der Waals surface area (Å²) in [6.45, 7) is 0.683. The molecule has 0 bridgehead atoms. The molecule has 0 aliphatic heterocycles. The van der Waals surface area contributed by atoms with Crippen LogP contribution in [0.5, 0.6) is 5.75 Å². The summed E-state index contributed by atoms with van der Waals surface area (Å²) in [6, 6.07) is 4.67. The second-order valence-electron chi connectivity index (χ2n) is 2.85. The van der Waals surface area contributed by atoms with E-state index in [9.17, 15) is 9.18 Å². The van der Waals surface area contributed by atoms with Gasteiger partial charge in [0.1, 0.15) is 5.75 Å². The number of ketones is 1. The number of alkyl halides is 2. The molecular weight excluding hydrogens is 286 g/mol. The molecule has 2 nitrogen and oxygen atoms in total. The van der Waals surface area contributed by atoms with Gasteiger partial charge in [-0.2, -0.15) is 0 Å². The Labute approximate surface area is 101 Å². The Hall–Kier alpha value is -0.610. The molecule has 1 rings (SSSR count). The maximum atomic E-state index is 12.1. The molecule has 1 aromatic carbocycles. The molecule has 0 aliphatic carbocycles. The first-order chi connectivity index (χ1) is 7.07. The number of carbonyl (C=O) groups is 1. The molecule has 0 aromatic heterocycles. The van der Waals surface area contributed by atoms with Crippen molar-refractivity contribution in [2.45, 2.75) is 11.8 Å². The standard InChI is InChI=1S/C10H9BrClFO2/c1-6(11)10(14)9-7(12)3-2-4-8(9)15-5-13/h2-4,6H,5H2,1H3. The van der Waals surface area contributed by atoms with Crippen molar-refractivity contribution >= 4 is 33.3 Å². The van der Waals surface area contributed by atoms with Gasteiger partial charge in [-0.1, -0.05) is 33.6 Å². The van der Waals surface area contributed by atoms with Crippen LogP contribution in [-0.4, -0.2) is 17.5 Å². The molecule has 5 heteroatoms. The maximum Gasteiger partial charge on any atom is 0.228 e. The monoisotopic (exact) mass is 294 g/mol. The van der Waals surface area contributed by atoms with Gasteiger partial charge in [0.25, 0.3) is 0 Å². The molecular formula is C10H9BrClFO2.